The third-order valence-corrected chi connectivity index (χ3v) is 12.6. The number of H-pyrrole nitrogens is 4. The molecule has 472 valence electrons. The van der Waals surface area contributed by atoms with E-state index in [0.29, 0.717) is 164 Å². The first kappa shape index (κ1) is 65.0. The van der Waals surface area contributed by atoms with Crippen molar-refractivity contribution in [3.05, 3.63) is 130 Å². The minimum Gasteiger partial charge on any atom is -0.467 e. The molecule has 8 N–H and O–H groups in total. The van der Waals surface area contributed by atoms with Crippen LogP contribution in [0.15, 0.2) is 94.7 Å². The molecular formula is C55H60Cl4N22O9. The van der Waals surface area contributed by atoms with Crippen molar-refractivity contribution >= 4 is 114 Å². The van der Waals surface area contributed by atoms with Gasteiger partial charge in [-0.1, -0.05) is 6.92 Å². The number of ether oxygens (including phenoxy) is 7. The molecule has 0 radical (unpaired) electrons. The van der Waals surface area contributed by atoms with E-state index in [-0.39, 0.29) is 21.1 Å². The molecule has 0 bridgehead atoms. The van der Waals surface area contributed by atoms with Gasteiger partial charge < -0.3 is 83.2 Å². The van der Waals surface area contributed by atoms with Crippen LogP contribution >= 0.6 is 46.4 Å². The minimum atomic E-state index is 0.101. The second-order valence-electron chi connectivity index (χ2n) is 18.3. The van der Waals surface area contributed by atoms with Crippen LogP contribution in [0.1, 0.15) is 42.4 Å². The summed E-state index contributed by atoms with van der Waals surface area (Å²) in [6, 6.07) is 16.5. The first-order valence-corrected chi connectivity index (χ1v) is 29.0. The number of nitrogens with one attached hydrogen (secondary N) is 8. The molecule has 0 atom stereocenters. The van der Waals surface area contributed by atoms with Crippen molar-refractivity contribution in [2.75, 3.05) is 88.8 Å². The summed E-state index contributed by atoms with van der Waals surface area (Å²) in [5, 5.41) is 13.2. The molecule has 0 spiro atoms. The van der Waals surface area contributed by atoms with Crippen LogP contribution in [0.25, 0.3) is 44.7 Å². The molecule has 0 fully saturated rings. The third-order valence-electron chi connectivity index (χ3n) is 11.9. The van der Waals surface area contributed by atoms with Crippen LogP contribution < -0.4 is 40.2 Å². The number of halogens is 4. The topological polar surface area (TPSA) is 383 Å². The van der Waals surface area contributed by atoms with Gasteiger partial charge in [0.1, 0.15) is 46.8 Å². The summed E-state index contributed by atoms with van der Waals surface area (Å²) in [6.45, 7) is 7.53. The van der Waals surface area contributed by atoms with Crippen LogP contribution in [0.4, 0.5) is 23.3 Å². The van der Waals surface area contributed by atoms with E-state index in [2.05, 4.69) is 111 Å². The number of aromatic amines is 4. The molecular weight excluding hydrogens is 1250 g/mol. The minimum absolute atomic E-state index is 0.101. The molecule has 90 heavy (non-hydrogen) atoms. The lowest BCUT2D eigenvalue weighted by Gasteiger charge is -2.06. The van der Waals surface area contributed by atoms with Crippen molar-refractivity contribution < 1.29 is 42.0 Å². The predicted molar refractivity (Wildman–Crippen MR) is 334 cm³/mol. The standard InChI is InChI=1S/C15H17ClN6O2.C14H15ClN6O2.C13H14ClN5O3.C13H14ClN5O2/c1-23-7-2-8-24-15-19-11-12(20-14(16)21-13(11)22-15)18-9-10-3-5-17-6-4-10;1-22-6-7-23-14-18-10-11(19-13(15)20-12(10)21-14)17-8-9-2-4-16-5-3-9;1-20-5-6-22-13-16-9-10(15-7-8-3-2-4-21-8)17-12(14)18-11(9)19-13;1-2-5-21-13-16-9-10(15-7-8-4-3-6-20-8)17-12(14)18-11(9)19-13/h3-6H,2,7-9H2,1H3,(H2,18,19,20,21,22);2-5H,6-8H2,1H3,(H2,17,18,19,20,21);2-4H,5-7H2,1H3,(H2,15,16,17,18,19);3-4,6H,2,5,7H2,1H3,(H2,15,16,17,18,19). The summed E-state index contributed by atoms with van der Waals surface area (Å²) in [6.07, 6.45) is 11.8. The maximum absolute atomic E-state index is 5.98. The van der Waals surface area contributed by atoms with Gasteiger partial charge in [-0.15, -0.1) is 0 Å². The van der Waals surface area contributed by atoms with E-state index in [1.807, 2.05) is 55.5 Å². The Bertz CT molecular complexity index is 4090. The summed E-state index contributed by atoms with van der Waals surface area (Å²) in [4.78, 5) is 70.2. The van der Waals surface area contributed by atoms with Crippen molar-refractivity contribution in [1.82, 2.24) is 89.7 Å². The van der Waals surface area contributed by atoms with Gasteiger partial charge in [0.15, 0.2) is 45.9 Å². The predicted octanol–water partition coefficient (Wildman–Crippen LogP) is 9.70. The van der Waals surface area contributed by atoms with Gasteiger partial charge in [0.2, 0.25) is 21.1 Å². The zero-order chi connectivity index (χ0) is 62.9. The number of rotatable bonds is 28. The highest BCUT2D eigenvalue weighted by molar-refractivity contribution is 6.29. The Morgan fingerprint density at radius 1 is 0.389 bits per heavy atom. The van der Waals surface area contributed by atoms with Crippen molar-refractivity contribution in [3.63, 3.8) is 0 Å². The summed E-state index contributed by atoms with van der Waals surface area (Å²) in [7, 11) is 4.86. The third kappa shape index (κ3) is 19.3. The number of imidazole rings is 4. The molecule has 0 saturated heterocycles. The second-order valence-corrected chi connectivity index (χ2v) is 19.7. The Morgan fingerprint density at radius 2 is 0.722 bits per heavy atom. The lowest BCUT2D eigenvalue weighted by Crippen LogP contribution is -2.05. The largest absolute Gasteiger partial charge is 0.467 e. The monoisotopic (exact) mass is 1310 g/mol. The lowest BCUT2D eigenvalue weighted by atomic mass is 10.3. The van der Waals surface area contributed by atoms with Crippen LogP contribution in [-0.4, -0.2) is 157 Å². The number of nitrogens with zero attached hydrogens (tertiary/aromatic N) is 14. The molecule has 12 rings (SSSR count). The molecule has 0 aliphatic heterocycles. The van der Waals surface area contributed by atoms with Gasteiger partial charge >= 0.3 is 0 Å². The number of hydrogen-bond acceptors (Lipinski definition) is 27. The normalized spacial score (nSPS) is 10.9. The molecule has 12 aromatic heterocycles. The average Bonchev–Trinajstić information content (AvgIpc) is 1.76. The van der Waals surface area contributed by atoms with Crippen LogP contribution in [-0.2, 0) is 40.4 Å². The molecule has 12 heterocycles. The van der Waals surface area contributed by atoms with Crippen molar-refractivity contribution in [2.45, 2.75) is 45.9 Å². The van der Waals surface area contributed by atoms with E-state index in [1.54, 1.807) is 58.6 Å². The Kier molecular flexibility index (Phi) is 24.4. The van der Waals surface area contributed by atoms with E-state index >= 15 is 0 Å². The summed E-state index contributed by atoms with van der Waals surface area (Å²) in [5.74, 6) is 3.78. The van der Waals surface area contributed by atoms with Gasteiger partial charge in [-0.25, -0.2) is 0 Å². The second kappa shape index (κ2) is 33.7. The Morgan fingerprint density at radius 3 is 1.04 bits per heavy atom. The van der Waals surface area contributed by atoms with E-state index < -0.39 is 0 Å². The van der Waals surface area contributed by atoms with Crippen molar-refractivity contribution in [1.29, 1.82) is 0 Å². The van der Waals surface area contributed by atoms with E-state index in [4.69, 9.17) is 88.4 Å². The zero-order valence-corrected chi connectivity index (χ0v) is 51.7. The highest BCUT2D eigenvalue weighted by atomic mass is 35.5. The van der Waals surface area contributed by atoms with Crippen LogP contribution in [0.2, 0.25) is 21.1 Å². The first-order chi connectivity index (χ1) is 44.0. The van der Waals surface area contributed by atoms with Crippen molar-refractivity contribution in [2.24, 2.45) is 0 Å². The number of aromatic nitrogens is 18. The summed E-state index contributed by atoms with van der Waals surface area (Å²) < 4.78 is 47.3. The highest BCUT2D eigenvalue weighted by Crippen LogP contribution is 2.27. The fourth-order valence-corrected chi connectivity index (χ4v) is 8.40. The number of anilines is 4. The lowest BCUT2D eigenvalue weighted by molar-refractivity contribution is 0.141. The molecule has 0 amide bonds. The molecule has 35 heteroatoms. The Labute approximate surface area is 531 Å². The van der Waals surface area contributed by atoms with Crippen LogP contribution in [0.5, 0.6) is 24.0 Å². The summed E-state index contributed by atoms with van der Waals surface area (Å²) in [5.41, 5.74) is 6.47. The maximum atomic E-state index is 5.98. The van der Waals surface area contributed by atoms with Gasteiger partial charge in [-0.05, 0) is 112 Å². The fourth-order valence-electron chi connectivity index (χ4n) is 7.74. The van der Waals surface area contributed by atoms with E-state index in [9.17, 15) is 0 Å². The summed E-state index contributed by atoms with van der Waals surface area (Å²) >= 11 is 23.8. The van der Waals surface area contributed by atoms with Gasteiger partial charge in [-0.3, -0.25) is 9.97 Å². The number of hydrogen-bond donors (Lipinski definition) is 8. The van der Waals surface area contributed by atoms with Crippen molar-refractivity contribution in [3.8, 4) is 24.0 Å². The number of fused-ring (bicyclic) bond motifs is 4. The quantitative estimate of drug-likeness (QED) is 0.0167. The molecule has 0 unspecified atom stereocenters. The number of furan rings is 2. The Balaban J connectivity index is 0.000000142. The van der Waals surface area contributed by atoms with Gasteiger partial charge in [-0.2, -0.15) is 59.8 Å². The molecule has 12 aromatic rings. The molecule has 0 aliphatic carbocycles. The van der Waals surface area contributed by atoms with Gasteiger partial charge in [0, 0.05) is 72.2 Å². The fraction of sp³-hybridized carbons (Fsp3) is 0.309. The Hall–Kier alpha value is -9.50. The van der Waals surface area contributed by atoms with Gasteiger partial charge in [0.05, 0.1) is 52.0 Å². The number of pyridine rings is 2. The maximum Gasteiger partial charge on any atom is 0.296 e. The SMILES string of the molecule is CCCOc1nc2nc(Cl)nc(NCc3ccco3)c2[nH]1.COCCCOc1nc2nc(Cl)nc(NCc3ccncc3)c2[nH]1.COCCOc1nc2nc(Cl)nc(NCc3ccco3)c2[nH]1.COCCOc1nc2nc(Cl)nc(NCc3ccncc3)c2[nH]1. The van der Waals surface area contributed by atoms with E-state index in [1.165, 1.54) is 0 Å². The van der Waals surface area contributed by atoms with Crippen LogP contribution in [0.3, 0.4) is 0 Å². The van der Waals surface area contributed by atoms with Crippen LogP contribution in [0, 0.1) is 0 Å². The molecule has 0 aromatic carbocycles. The highest BCUT2D eigenvalue weighted by Gasteiger charge is 2.18. The number of methoxy groups -OCH3 is 3. The zero-order valence-electron chi connectivity index (χ0n) is 48.7. The van der Waals surface area contributed by atoms with E-state index in [0.717, 1.165) is 35.5 Å². The van der Waals surface area contributed by atoms with Gasteiger partial charge in [0.25, 0.3) is 24.0 Å². The molecule has 31 nitrogen and oxygen atoms in total. The first-order valence-electron chi connectivity index (χ1n) is 27.5. The molecule has 0 saturated carbocycles. The smallest absolute Gasteiger partial charge is 0.296 e. The molecule has 0 aliphatic rings. The average molecular weight is 1320 g/mol.